The molecule has 0 saturated heterocycles. The van der Waals surface area contributed by atoms with Gasteiger partial charge in [-0.25, -0.2) is 4.39 Å². The zero-order valence-corrected chi connectivity index (χ0v) is 11.1. The van der Waals surface area contributed by atoms with Crippen molar-refractivity contribution in [2.24, 2.45) is 5.73 Å². The van der Waals surface area contributed by atoms with Gasteiger partial charge in [0.2, 0.25) is 5.82 Å². The second-order valence-electron chi connectivity index (χ2n) is 4.27. The van der Waals surface area contributed by atoms with Gasteiger partial charge in [0.15, 0.2) is 0 Å². The van der Waals surface area contributed by atoms with E-state index in [0.717, 1.165) is 6.07 Å². The summed E-state index contributed by atoms with van der Waals surface area (Å²) in [6.45, 7) is -0.325. The number of nitrogens with two attached hydrogens (primary N) is 1. The Labute approximate surface area is 125 Å². The standard InChI is InChI=1S/C12H8F4N4O3/c13-7-3-5(9-19-11(23-20-9)12(14,15)16)1-2-6(7)4-18-10(22)8(17)21/h1-3H,4H2,(H2,17,21)(H,18,22). The fraction of sp³-hybridized carbons (Fsp3) is 0.167. The van der Waals surface area contributed by atoms with E-state index in [0.29, 0.717) is 0 Å². The van der Waals surface area contributed by atoms with E-state index >= 15 is 0 Å². The number of halogens is 4. The summed E-state index contributed by atoms with van der Waals surface area (Å²) in [5.41, 5.74) is 4.65. The number of alkyl halides is 3. The largest absolute Gasteiger partial charge is 0.471 e. The van der Waals surface area contributed by atoms with Crippen molar-refractivity contribution in [3.8, 4) is 11.4 Å². The predicted octanol–water partition coefficient (Wildman–Crippen LogP) is 0.996. The van der Waals surface area contributed by atoms with Crippen molar-refractivity contribution in [2.75, 3.05) is 0 Å². The fourth-order valence-corrected chi connectivity index (χ4v) is 1.55. The van der Waals surface area contributed by atoms with Crippen molar-refractivity contribution < 1.29 is 31.7 Å². The molecule has 0 aliphatic heterocycles. The highest BCUT2D eigenvalue weighted by molar-refractivity contribution is 6.34. The number of carbonyl (C=O) groups excluding carboxylic acids is 2. The monoisotopic (exact) mass is 332 g/mol. The molecule has 3 N–H and O–H groups in total. The van der Waals surface area contributed by atoms with E-state index < -0.39 is 35.5 Å². The molecule has 0 aliphatic carbocycles. The molecule has 23 heavy (non-hydrogen) atoms. The molecule has 0 saturated carbocycles. The summed E-state index contributed by atoms with van der Waals surface area (Å²) in [5, 5.41) is 5.19. The maximum Gasteiger partial charge on any atom is 0.471 e. The average Bonchev–Trinajstić information content (AvgIpc) is 2.95. The van der Waals surface area contributed by atoms with Crippen molar-refractivity contribution in [1.82, 2.24) is 15.5 Å². The lowest BCUT2D eigenvalue weighted by Crippen LogP contribution is -2.35. The number of rotatable bonds is 3. The highest BCUT2D eigenvalue weighted by Crippen LogP contribution is 2.29. The Morgan fingerprint density at radius 3 is 2.52 bits per heavy atom. The Kier molecular flexibility index (Phi) is 4.29. The molecular formula is C12H8F4N4O3. The summed E-state index contributed by atoms with van der Waals surface area (Å²) in [4.78, 5) is 24.6. The molecule has 2 rings (SSSR count). The molecule has 122 valence electrons. The zero-order chi connectivity index (χ0) is 17.2. The number of hydrogen-bond donors (Lipinski definition) is 2. The lowest BCUT2D eigenvalue weighted by Gasteiger charge is -2.05. The van der Waals surface area contributed by atoms with Crippen molar-refractivity contribution in [1.29, 1.82) is 0 Å². The molecule has 0 unspecified atom stereocenters. The van der Waals surface area contributed by atoms with Gasteiger partial charge in [0.1, 0.15) is 5.82 Å². The normalized spacial score (nSPS) is 11.3. The summed E-state index contributed by atoms with van der Waals surface area (Å²) in [6.07, 6.45) is -4.80. The smallest absolute Gasteiger partial charge is 0.361 e. The zero-order valence-electron chi connectivity index (χ0n) is 11.1. The summed E-state index contributed by atoms with van der Waals surface area (Å²) in [6, 6.07) is 3.30. The van der Waals surface area contributed by atoms with Crippen LogP contribution in [0.25, 0.3) is 11.4 Å². The van der Waals surface area contributed by atoms with Crippen molar-refractivity contribution in [2.45, 2.75) is 12.7 Å². The van der Waals surface area contributed by atoms with Gasteiger partial charge in [-0.3, -0.25) is 9.59 Å². The van der Waals surface area contributed by atoms with Crippen LogP contribution in [0.3, 0.4) is 0 Å². The second-order valence-corrected chi connectivity index (χ2v) is 4.27. The van der Waals surface area contributed by atoms with E-state index in [-0.39, 0.29) is 17.7 Å². The van der Waals surface area contributed by atoms with Crippen LogP contribution in [0, 0.1) is 5.82 Å². The first kappa shape index (κ1) is 16.4. The molecule has 0 spiro atoms. The van der Waals surface area contributed by atoms with E-state index in [9.17, 15) is 27.2 Å². The molecule has 2 amide bonds. The molecule has 2 aromatic rings. The summed E-state index contributed by atoms with van der Waals surface area (Å²) >= 11 is 0. The Bertz CT molecular complexity index is 757. The molecule has 0 radical (unpaired) electrons. The van der Waals surface area contributed by atoms with Crippen LogP contribution < -0.4 is 11.1 Å². The van der Waals surface area contributed by atoms with E-state index in [1.165, 1.54) is 12.1 Å². The Morgan fingerprint density at radius 2 is 2.00 bits per heavy atom. The molecule has 7 nitrogen and oxygen atoms in total. The van der Waals surface area contributed by atoms with Gasteiger partial charge >= 0.3 is 23.9 Å². The van der Waals surface area contributed by atoms with E-state index in [1.807, 2.05) is 0 Å². The number of benzene rings is 1. The molecule has 1 aromatic carbocycles. The van der Waals surface area contributed by atoms with Crippen LogP contribution in [0.2, 0.25) is 0 Å². The maximum absolute atomic E-state index is 13.9. The third-order valence-electron chi connectivity index (χ3n) is 2.64. The number of aromatic nitrogens is 2. The van der Waals surface area contributed by atoms with Crippen LogP contribution in [-0.4, -0.2) is 22.0 Å². The molecular weight excluding hydrogens is 324 g/mol. The van der Waals surface area contributed by atoms with Gasteiger partial charge in [-0.2, -0.15) is 18.2 Å². The minimum absolute atomic E-state index is 0.0112. The van der Waals surface area contributed by atoms with Crippen LogP contribution in [-0.2, 0) is 22.3 Å². The fourth-order valence-electron chi connectivity index (χ4n) is 1.55. The average molecular weight is 332 g/mol. The quantitative estimate of drug-likeness (QED) is 0.643. The Morgan fingerprint density at radius 1 is 1.30 bits per heavy atom. The SMILES string of the molecule is NC(=O)C(=O)NCc1ccc(-c2noc(C(F)(F)F)n2)cc1F. The molecule has 1 aromatic heterocycles. The van der Waals surface area contributed by atoms with Crippen LogP contribution in [0.5, 0.6) is 0 Å². The molecule has 0 bridgehead atoms. The van der Waals surface area contributed by atoms with Crippen LogP contribution in [0.1, 0.15) is 11.5 Å². The van der Waals surface area contributed by atoms with Gasteiger partial charge in [-0.1, -0.05) is 17.3 Å². The van der Waals surface area contributed by atoms with Gasteiger partial charge < -0.3 is 15.6 Å². The van der Waals surface area contributed by atoms with Gasteiger partial charge in [0.25, 0.3) is 0 Å². The number of primary amides is 1. The summed E-state index contributed by atoms with van der Waals surface area (Å²) in [7, 11) is 0. The molecule has 1 heterocycles. The lowest BCUT2D eigenvalue weighted by atomic mass is 10.1. The third kappa shape index (κ3) is 3.81. The lowest BCUT2D eigenvalue weighted by molar-refractivity contribution is -0.159. The number of carbonyl (C=O) groups is 2. The van der Waals surface area contributed by atoms with Gasteiger partial charge in [0.05, 0.1) is 0 Å². The number of nitrogens with zero attached hydrogens (tertiary/aromatic N) is 2. The topological polar surface area (TPSA) is 111 Å². The molecule has 0 fully saturated rings. The number of amides is 2. The maximum atomic E-state index is 13.9. The van der Waals surface area contributed by atoms with Gasteiger partial charge in [0, 0.05) is 17.7 Å². The highest BCUT2D eigenvalue weighted by atomic mass is 19.4. The van der Waals surface area contributed by atoms with Gasteiger partial charge in [-0.05, 0) is 6.07 Å². The summed E-state index contributed by atoms with van der Waals surface area (Å²) < 4.78 is 55.0. The minimum atomic E-state index is -4.80. The van der Waals surface area contributed by atoms with Crippen LogP contribution in [0.4, 0.5) is 17.6 Å². The first-order valence-corrected chi connectivity index (χ1v) is 5.96. The second kappa shape index (κ2) is 6.02. The van der Waals surface area contributed by atoms with E-state index in [2.05, 4.69) is 20.0 Å². The Hall–Kier alpha value is -2.98. The van der Waals surface area contributed by atoms with Crippen molar-refractivity contribution >= 4 is 11.8 Å². The Balaban J connectivity index is 2.17. The molecule has 0 aliphatic rings. The number of nitrogens with one attached hydrogen (secondary N) is 1. The predicted molar refractivity (Wildman–Crippen MR) is 65.7 cm³/mol. The highest BCUT2D eigenvalue weighted by Gasteiger charge is 2.38. The first-order valence-electron chi connectivity index (χ1n) is 5.96. The van der Waals surface area contributed by atoms with Crippen LogP contribution >= 0.6 is 0 Å². The summed E-state index contributed by atoms with van der Waals surface area (Å²) in [5.74, 6) is -5.16. The molecule has 11 heteroatoms. The van der Waals surface area contributed by atoms with E-state index in [4.69, 9.17) is 5.73 Å². The van der Waals surface area contributed by atoms with Crippen molar-refractivity contribution in [3.63, 3.8) is 0 Å². The van der Waals surface area contributed by atoms with E-state index in [1.54, 1.807) is 0 Å². The third-order valence-corrected chi connectivity index (χ3v) is 2.64. The van der Waals surface area contributed by atoms with Crippen LogP contribution in [0.15, 0.2) is 22.7 Å². The molecule has 0 atom stereocenters. The van der Waals surface area contributed by atoms with Crippen molar-refractivity contribution in [3.05, 3.63) is 35.5 Å². The minimum Gasteiger partial charge on any atom is -0.361 e. The van der Waals surface area contributed by atoms with Gasteiger partial charge in [-0.15, -0.1) is 0 Å². The number of hydrogen-bond acceptors (Lipinski definition) is 5. The first-order chi connectivity index (χ1) is 10.7.